The van der Waals surface area contributed by atoms with Gasteiger partial charge >= 0.3 is 0 Å². The fraction of sp³-hybridized carbons (Fsp3) is 0.259. The number of carbonyl (C=O) groups excluding carboxylic acids is 2. The molecule has 0 radical (unpaired) electrons. The monoisotopic (exact) mass is 589 g/mol. The van der Waals surface area contributed by atoms with Crippen LogP contribution in [0.4, 0.5) is 10.1 Å². The summed E-state index contributed by atoms with van der Waals surface area (Å²) in [6.07, 6.45) is 0. The lowest BCUT2D eigenvalue weighted by atomic mass is 10.1. The first kappa shape index (κ1) is 28.3. The Morgan fingerprint density at radius 3 is 2.08 bits per heavy atom. The second-order valence-corrected chi connectivity index (χ2v) is 11.6. The highest BCUT2D eigenvalue weighted by Crippen LogP contribution is 2.25. The third-order valence-electron chi connectivity index (χ3n) is 5.59. The maximum Gasteiger partial charge on any atom is 0.264 e. The van der Waals surface area contributed by atoms with E-state index in [0.29, 0.717) is 0 Å². The van der Waals surface area contributed by atoms with Gasteiger partial charge in [-0.05, 0) is 74.9 Å². The van der Waals surface area contributed by atoms with E-state index in [1.54, 1.807) is 25.1 Å². The fourth-order valence-electron chi connectivity index (χ4n) is 3.63. The van der Waals surface area contributed by atoms with Crippen LogP contribution in [0.3, 0.4) is 0 Å². The lowest BCUT2D eigenvalue weighted by molar-refractivity contribution is -0.139. The van der Waals surface area contributed by atoms with Gasteiger partial charge in [0.1, 0.15) is 18.4 Å². The second-order valence-electron chi connectivity index (χ2n) is 8.79. The molecule has 3 aromatic rings. The van der Waals surface area contributed by atoms with Crippen molar-refractivity contribution in [2.75, 3.05) is 10.8 Å². The van der Waals surface area contributed by atoms with Gasteiger partial charge in [-0.2, -0.15) is 0 Å². The summed E-state index contributed by atoms with van der Waals surface area (Å²) in [5.74, 6) is -1.49. The Morgan fingerprint density at radius 1 is 0.919 bits per heavy atom. The van der Waals surface area contributed by atoms with E-state index in [2.05, 4.69) is 21.2 Å². The number of carbonyl (C=O) groups is 2. The summed E-state index contributed by atoms with van der Waals surface area (Å²) in [5, 5.41) is 2.81. The van der Waals surface area contributed by atoms with Gasteiger partial charge in [-0.1, -0.05) is 46.3 Å². The quantitative estimate of drug-likeness (QED) is 0.370. The number of amides is 2. The first-order valence-corrected chi connectivity index (χ1v) is 13.9. The predicted octanol–water partition coefficient (Wildman–Crippen LogP) is 4.73. The van der Waals surface area contributed by atoms with Crippen molar-refractivity contribution in [2.45, 2.75) is 44.3 Å². The highest BCUT2D eigenvalue weighted by Gasteiger charge is 2.32. The zero-order valence-electron chi connectivity index (χ0n) is 20.8. The van der Waals surface area contributed by atoms with Crippen molar-refractivity contribution in [1.29, 1.82) is 0 Å². The van der Waals surface area contributed by atoms with Crippen molar-refractivity contribution in [1.82, 2.24) is 10.2 Å². The van der Waals surface area contributed by atoms with Gasteiger partial charge < -0.3 is 10.2 Å². The molecule has 196 valence electrons. The van der Waals surface area contributed by atoms with Gasteiger partial charge in [-0.15, -0.1) is 0 Å². The summed E-state index contributed by atoms with van der Waals surface area (Å²) in [5.41, 5.74) is 0.890. The van der Waals surface area contributed by atoms with Crippen LogP contribution in [0.5, 0.6) is 0 Å². The number of nitrogens with one attached hydrogen (secondary N) is 1. The van der Waals surface area contributed by atoms with Gasteiger partial charge in [-0.3, -0.25) is 13.9 Å². The van der Waals surface area contributed by atoms with Gasteiger partial charge in [0, 0.05) is 17.1 Å². The average Bonchev–Trinajstić information content (AvgIpc) is 2.87. The summed E-state index contributed by atoms with van der Waals surface area (Å²) >= 11 is 3.38. The molecule has 0 saturated heterocycles. The van der Waals surface area contributed by atoms with Crippen molar-refractivity contribution in [3.8, 4) is 0 Å². The van der Waals surface area contributed by atoms with Crippen molar-refractivity contribution in [3.63, 3.8) is 0 Å². The van der Waals surface area contributed by atoms with Crippen LogP contribution in [0.15, 0.2) is 88.2 Å². The first-order chi connectivity index (χ1) is 17.5. The van der Waals surface area contributed by atoms with Gasteiger partial charge in [0.05, 0.1) is 10.6 Å². The molecule has 0 aliphatic heterocycles. The summed E-state index contributed by atoms with van der Waals surface area (Å²) in [7, 11) is -4.18. The molecule has 7 nitrogen and oxygen atoms in total. The molecule has 0 fully saturated rings. The molecule has 0 heterocycles. The Labute approximate surface area is 225 Å². The number of hydrogen-bond acceptors (Lipinski definition) is 4. The van der Waals surface area contributed by atoms with E-state index in [9.17, 15) is 22.4 Å². The van der Waals surface area contributed by atoms with Crippen molar-refractivity contribution in [3.05, 3.63) is 94.7 Å². The molecule has 10 heteroatoms. The summed E-state index contributed by atoms with van der Waals surface area (Å²) in [6, 6.07) is 18.8. The van der Waals surface area contributed by atoms with Gasteiger partial charge in [0.25, 0.3) is 10.0 Å². The van der Waals surface area contributed by atoms with Gasteiger partial charge in [-0.25, -0.2) is 12.8 Å². The van der Waals surface area contributed by atoms with Crippen LogP contribution in [0, 0.1) is 5.82 Å². The summed E-state index contributed by atoms with van der Waals surface area (Å²) in [4.78, 5) is 27.9. The molecule has 2 amide bonds. The summed E-state index contributed by atoms with van der Waals surface area (Å²) in [6.45, 7) is 4.73. The van der Waals surface area contributed by atoms with E-state index in [4.69, 9.17) is 0 Å². The van der Waals surface area contributed by atoms with Crippen LogP contribution in [0.2, 0.25) is 0 Å². The second kappa shape index (κ2) is 12.3. The number of nitrogens with zero attached hydrogens (tertiary/aromatic N) is 2. The van der Waals surface area contributed by atoms with Crippen LogP contribution < -0.4 is 9.62 Å². The molecule has 0 spiro atoms. The SMILES string of the molecule is CC(C)NC(=O)[C@H](C)N(Cc1ccc(Br)cc1)C(=O)CN(c1ccc(F)cc1)S(=O)(=O)c1ccccc1. The predicted molar refractivity (Wildman–Crippen MR) is 145 cm³/mol. The van der Waals surface area contributed by atoms with Crippen LogP contribution in [-0.2, 0) is 26.2 Å². The Bertz CT molecular complexity index is 1320. The smallest absolute Gasteiger partial charge is 0.264 e. The molecule has 0 bridgehead atoms. The minimum atomic E-state index is -4.18. The molecule has 3 rings (SSSR count). The fourth-order valence-corrected chi connectivity index (χ4v) is 5.33. The molecule has 37 heavy (non-hydrogen) atoms. The molecule has 3 aromatic carbocycles. The van der Waals surface area contributed by atoms with Crippen LogP contribution in [-0.4, -0.2) is 43.8 Å². The van der Waals surface area contributed by atoms with E-state index in [-0.39, 0.29) is 29.1 Å². The Balaban J connectivity index is 2.00. The molecule has 1 atom stereocenters. The van der Waals surface area contributed by atoms with E-state index in [0.717, 1.165) is 26.5 Å². The molecule has 0 aliphatic carbocycles. The number of halogens is 2. The molecule has 0 aromatic heterocycles. The van der Waals surface area contributed by atoms with Crippen molar-refractivity contribution < 1.29 is 22.4 Å². The topological polar surface area (TPSA) is 86.8 Å². The number of benzene rings is 3. The van der Waals surface area contributed by atoms with E-state index >= 15 is 0 Å². The van der Waals surface area contributed by atoms with Crippen molar-refractivity contribution >= 4 is 43.5 Å². The maximum absolute atomic E-state index is 13.7. The van der Waals surface area contributed by atoms with Gasteiger partial charge in [0.2, 0.25) is 11.8 Å². The van der Waals surface area contributed by atoms with Crippen LogP contribution in [0.1, 0.15) is 26.3 Å². The zero-order valence-corrected chi connectivity index (χ0v) is 23.2. The number of rotatable bonds is 10. The Kier molecular flexibility index (Phi) is 9.45. The van der Waals surface area contributed by atoms with Crippen molar-refractivity contribution in [2.24, 2.45) is 0 Å². The summed E-state index contributed by atoms with van der Waals surface area (Å²) < 4.78 is 42.6. The van der Waals surface area contributed by atoms with Crippen LogP contribution >= 0.6 is 15.9 Å². The molecule has 0 unspecified atom stereocenters. The highest BCUT2D eigenvalue weighted by molar-refractivity contribution is 9.10. The number of sulfonamides is 1. The van der Waals surface area contributed by atoms with E-state index in [1.165, 1.54) is 29.2 Å². The largest absolute Gasteiger partial charge is 0.352 e. The molecular formula is C27H29BrFN3O4S. The minimum absolute atomic E-state index is 0.0165. The average molecular weight is 591 g/mol. The standard InChI is InChI=1S/C27H29BrFN3O4S/c1-19(2)30-27(34)20(3)31(17-21-9-11-22(28)12-10-21)26(33)18-32(24-15-13-23(29)14-16-24)37(35,36)25-7-5-4-6-8-25/h4-16,19-20H,17-18H2,1-3H3,(H,30,34)/t20-/m0/s1. The van der Waals surface area contributed by atoms with E-state index in [1.807, 2.05) is 38.1 Å². The number of hydrogen-bond donors (Lipinski definition) is 1. The maximum atomic E-state index is 13.7. The molecule has 1 N–H and O–H groups in total. The Hall–Kier alpha value is -3.24. The molecular weight excluding hydrogens is 561 g/mol. The zero-order chi connectivity index (χ0) is 27.2. The van der Waals surface area contributed by atoms with Gasteiger partial charge in [0.15, 0.2) is 0 Å². The third kappa shape index (κ3) is 7.39. The van der Waals surface area contributed by atoms with E-state index < -0.39 is 34.3 Å². The van der Waals surface area contributed by atoms with Crippen LogP contribution in [0.25, 0.3) is 0 Å². The lowest BCUT2D eigenvalue weighted by Gasteiger charge is -2.32. The normalized spacial score (nSPS) is 12.2. The number of anilines is 1. The lowest BCUT2D eigenvalue weighted by Crippen LogP contribution is -2.52. The Morgan fingerprint density at radius 2 is 1.51 bits per heavy atom. The molecule has 0 saturated carbocycles. The highest BCUT2D eigenvalue weighted by atomic mass is 79.9. The first-order valence-electron chi connectivity index (χ1n) is 11.7. The third-order valence-corrected chi connectivity index (χ3v) is 7.91. The minimum Gasteiger partial charge on any atom is -0.352 e. The molecule has 0 aliphatic rings.